The maximum atomic E-state index is 9.86. The Morgan fingerprint density at radius 3 is 2.24 bits per heavy atom. The van der Waals surface area contributed by atoms with Crippen LogP contribution in [0, 0.1) is 0 Å². The van der Waals surface area contributed by atoms with Crippen LogP contribution in [-0.2, 0) is 0 Å². The first kappa shape index (κ1) is 13.7. The zero-order valence-electron chi connectivity index (χ0n) is 10.6. The molecule has 0 saturated heterocycles. The number of unbranched alkanes of at least 4 members (excludes halogenated alkanes) is 1. The molecule has 0 heterocycles. The van der Waals surface area contributed by atoms with E-state index < -0.39 is 5.75 Å². The maximum Gasteiger partial charge on any atom is 0.200 e. The van der Waals surface area contributed by atoms with E-state index in [0.717, 1.165) is 37.7 Å². The minimum Gasteiger partial charge on any atom is -0.504 e. The van der Waals surface area contributed by atoms with Gasteiger partial charge in [0.25, 0.3) is 0 Å². The third kappa shape index (κ3) is 3.29. The van der Waals surface area contributed by atoms with Crippen molar-refractivity contribution in [2.45, 2.75) is 51.9 Å². The zero-order chi connectivity index (χ0) is 12.8. The number of aromatic hydroxyl groups is 3. The average Bonchev–Trinajstić information content (AvgIpc) is 2.32. The van der Waals surface area contributed by atoms with Gasteiger partial charge in [0.2, 0.25) is 5.75 Å². The van der Waals surface area contributed by atoms with Crippen molar-refractivity contribution in [1.82, 2.24) is 0 Å². The van der Waals surface area contributed by atoms with Crippen molar-refractivity contribution in [1.29, 1.82) is 0 Å². The second-order valence-corrected chi connectivity index (χ2v) is 4.50. The molecule has 3 nitrogen and oxygen atoms in total. The van der Waals surface area contributed by atoms with Crippen molar-refractivity contribution < 1.29 is 15.3 Å². The molecule has 0 aliphatic rings. The Labute approximate surface area is 103 Å². The van der Waals surface area contributed by atoms with Crippen LogP contribution in [0.4, 0.5) is 0 Å². The van der Waals surface area contributed by atoms with Crippen molar-refractivity contribution >= 4 is 0 Å². The molecule has 0 spiro atoms. The minimum absolute atomic E-state index is 0.167. The van der Waals surface area contributed by atoms with Gasteiger partial charge in [0.1, 0.15) is 0 Å². The predicted molar refractivity (Wildman–Crippen MR) is 68.6 cm³/mol. The van der Waals surface area contributed by atoms with Gasteiger partial charge in [0.15, 0.2) is 11.5 Å². The summed E-state index contributed by atoms with van der Waals surface area (Å²) in [7, 11) is 0. The molecule has 3 heteroatoms. The normalized spacial score (nSPS) is 12.6. The van der Waals surface area contributed by atoms with E-state index in [1.807, 2.05) is 0 Å². The van der Waals surface area contributed by atoms with Gasteiger partial charge in [-0.15, -0.1) is 0 Å². The topological polar surface area (TPSA) is 60.7 Å². The van der Waals surface area contributed by atoms with E-state index in [1.54, 1.807) is 6.07 Å². The summed E-state index contributed by atoms with van der Waals surface area (Å²) in [5, 5.41) is 28.7. The van der Waals surface area contributed by atoms with Crippen molar-refractivity contribution in [2.24, 2.45) is 0 Å². The largest absolute Gasteiger partial charge is 0.504 e. The summed E-state index contributed by atoms with van der Waals surface area (Å²) in [5.74, 6) is -0.580. The van der Waals surface area contributed by atoms with Crippen LogP contribution < -0.4 is 0 Å². The van der Waals surface area contributed by atoms with Crippen LogP contribution in [0.1, 0.15) is 57.4 Å². The van der Waals surface area contributed by atoms with Crippen molar-refractivity contribution in [3.8, 4) is 17.2 Å². The highest BCUT2D eigenvalue weighted by Crippen LogP contribution is 2.42. The molecule has 0 aromatic heterocycles. The van der Waals surface area contributed by atoms with E-state index in [4.69, 9.17) is 0 Å². The van der Waals surface area contributed by atoms with E-state index in [9.17, 15) is 15.3 Å². The van der Waals surface area contributed by atoms with Crippen LogP contribution in [0.25, 0.3) is 0 Å². The molecule has 0 amide bonds. The third-order valence-corrected chi connectivity index (χ3v) is 3.14. The summed E-state index contributed by atoms with van der Waals surface area (Å²) in [5.41, 5.74) is 0.746. The third-order valence-electron chi connectivity index (χ3n) is 3.14. The Morgan fingerprint density at radius 1 is 0.941 bits per heavy atom. The van der Waals surface area contributed by atoms with Gasteiger partial charge >= 0.3 is 0 Å². The first-order valence-corrected chi connectivity index (χ1v) is 6.35. The summed E-state index contributed by atoms with van der Waals surface area (Å²) in [6, 6.07) is 3.15. The Balaban J connectivity index is 2.97. The smallest absolute Gasteiger partial charge is 0.200 e. The van der Waals surface area contributed by atoms with Crippen LogP contribution in [-0.4, -0.2) is 15.3 Å². The highest BCUT2D eigenvalue weighted by Gasteiger charge is 2.18. The van der Waals surface area contributed by atoms with E-state index >= 15 is 0 Å². The van der Waals surface area contributed by atoms with Crippen LogP contribution in [0.15, 0.2) is 12.1 Å². The molecule has 0 aliphatic heterocycles. The summed E-state index contributed by atoms with van der Waals surface area (Å²) in [6.45, 7) is 4.24. The molecule has 3 N–H and O–H groups in total. The molecule has 0 fully saturated rings. The summed E-state index contributed by atoms with van der Waals surface area (Å²) < 4.78 is 0. The number of phenolic OH excluding ortho intramolecular Hbond substituents is 3. The highest BCUT2D eigenvalue weighted by molar-refractivity contribution is 5.54. The van der Waals surface area contributed by atoms with Gasteiger partial charge in [0.05, 0.1) is 0 Å². The van der Waals surface area contributed by atoms with Gasteiger partial charge in [-0.1, -0.05) is 39.2 Å². The van der Waals surface area contributed by atoms with Gasteiger partial charge in [-0.2, -0.15) is 0 Å². The quantitative estimate of drug-likeness (QED) is 0.659. The summed E-state index contributed by atoms with van der Waals surface area (Å²) in [6.07, 6.45) is 5.24. The van der Waals surface area contributed by atoms with Crippen molar-refractivity contribution in [3.05, 3.63) is 17.7 Å². The molecule has 1 unspecified atom stereocenters. The molecule has 17 heavy (non-hydrogen) atoms. The molecule has 0 radical (unpaired) electrons. The summed E-state index contributed by atoms with van der Waals surface area (Å²) >= 11 is 0. The SMILES string of the molecule is CCCCC(CCC)c1ccc(O)c(O)c1O. The van der Waals surface area contributed by atoms with Gasteiger partial charge in [-0.25, -0.2) is 0 Å². The minimum atomic E-state index is -0.403. The molecule has 1 rings (SSSR count). The summed E-state index contributed by atoms with van der Waals surface area (Å²) in [4.78, 5) is 0. The lowest BCUT2D eigenvalue weighted by atomic mass is 9.89. The van der Waals surface area contributed by atoms with Crippen LogP contribution in [0.3, 0.4) is 0 Å². The monoisotopic (exact) mass is 238 g/mol. The Bertz CT molecular complexity index is 361. The van der Waals surface area contributed by atoms with E-state index in [1.165, 1.54) is 6.07 Å². The van der Waals surface area contributed by atoms with Gasteiger partial charge in [-0.3, -0.25) is 0 Å². The average molecular weight is 238 g/mol. The first-order valence-electron chi connectivity index (χ1n) is 6.35. The molecular formula is C14H22O3. The first-order chi connectivity index (χ1) is 8.11. The number of phenols is 3. The molecule has 0 bridgehead atoms. The Hall–Kier alpha value is -1.38. The number of rotatable bonds is 6. The fourth-order valence-electron chi connectivity index (χ4n) is 2.17. The van der Waals surface area contributed by atoms with Crippen LogP contribution in [0.5, 0.6) is 17.2 Å². The highest BCUT2D eigenvalue weighted by atomic mass is 16.3. The van der Waals surface area contributed by atoms with Gasteiger partial charge < -0.3 is 15.3 Å². The Kier molecular flexibility index (Phi) is 5.13. The number of benzene rings is 1. The lowest BCUT2D eigenvalue weighted by Crippen LogP contribution is -1.99. The molecule has 96 valence electrons. The predicted octanol–water partition coefficient (Wildman–Crippen LogP) is 3.88. The lowest BCUT2D eigenvalue weighted by Gasteiger charge is -2.18. The molecule has 1 atom stereocenters. The molecule has 1 aromatic carbocycles. The second-order valence-electron chi connectivity index (χ2n) is 4.50. The number of hydrogen-bond acceptors (Lipinski definition) is 3. The van der Waals surface area contributed by atoms with Crippen molar-refractivity contribution in [2.75, 3.05) is 0 Å². The fourth-order valence-corrected chi connectivity index (χ4v) is 2.17. The Morgan fingerprint density at radius 2 is 1.65 bits per heavy atom. The molecule has 1 aromatic rings. The standard InChI is InChI=1S/C14H22O3/c1-3-5-7-10(6-4-2)11-8-9-12(15)14(17)13(11)16/h8-10,15-17H,3-7H2,1-2H3. The number of hydrogen-bond donors (Lipinski definition) is 3. The maximum absolute atomic E-state index is 9.86. The van der Waals surface area contributed by atoms with Crippen LogP contribution >= 0.6 is 0 Å². The fraction of sp³-hybridized carbons (Fsp3) is 0.571. The van der Waals surface area contributed by atoms with Crippen molar-refractivity contribution in [3.63, 3.8) is 0 Å². The van der Waals surface area contributed by atoms with Crippen LogP contribution in [0.2, 0.25) is 0 Å². The lowest BCUT2D eigenvalue weighted by molar-refractivity contribution is 0.360. The van der Waals surface area contributed by atoms with Gasteiger partial charge in [-0.05, 0) is 24.8 Å². The molecule has 0 aliphatic carbocycles. The van der Waals surface area contributed by atoms with E-state index in [-0.39, 0.29) is 17.4 Å². The van der Waals surface area contributed by atoms with E-state index in [0.29, 0.717) is 0 Å². The molecular weight excluding hydrogens is 216 g/mol. The van der Waals surface area contributed by atoms with Gasteiger partial charge in [0, 0.05) is 5.56 Å². The molecule has 0 saturated carbocycles. The zero-order valence-corrected chi connectivity index (χ0v) is 10.6. The second kappa shape index (κ2) is 6.38. The van der Waals surface area contributed by atoms with E-state index in [2.05, 4.69) is 13.8 Å².